The van der Waals surface area contributed by atoms with Gasteiger partial charge in [0.05, 0.1) is 6.07 Å². The van der Waals surface area contributed by atoms with Crippen LogP contribution in [0, 0.1) is 30.1 Å². The Bertz CT molecular complexity index is 373. The first-order valence-corrected chi connectivity index (χ1v) is 5.43. The summed E-state index contributed by atoms with van der Waals surface area (Å²) in [5, 5.41) is 10.7. The van der Waals surface area contributed by atoms with E-state index in [1.807, 2.05) is 32.2 Å². The van der Waals surface area contributed by atoms with Gasteiger partial charge < -0.3 is 0 Å². The summed E-state index contributed by atoms with van der Waals surface area (Å²) in [5.41, 5.74) is 0.674. The highest BCUT2D eigenvalue weighted by atomic mass is 32.1. The Balaban J connectivity index is 2.90. The van der Waals surface area contributed by atoms with Crippen LogP contribution < -0.4 is 0 Å². The van der Waals surface area contributed by atoms with Gasteiger partial charge in [0, 0.05) is 15.8 Å². The molecule has 1 atom stereocenters. The van der Waals surface area contributed by atoms with E-state index in [1.54, 1.807) is 11.3 Å². The van der Waals surface area contributed by atoms with Crippen LogP contribution in [0.3, 0.4) is 0 Å². The number of ketones is 1. The molecule has 0 bridgehead atoms. The molecule has 0 saturated carbocycles. The topological polar surface area (TPSA) is 40.9 Å². The molecule has 1 heterocycles. The van der Waals surface area contributed by atoms with Crippen molar-refractivity contribution in [1.29, 1.82) is 5.26 Å². The Labute approximate surface area is 88.2 Å². The van der Waals surface area contributed by atoms with Gasteiger partial charge in [-0.1, -0.05) is 13.8 Å². The number of carbonyl (C=O) groups is 1. The molecule has 0 aromatic carbocycles. The van der Waals surface area contributed by atoms with Gasteiger partial charge in [-0.15, -0.1) is 11.3 Å². The van der Waals surface area contributed by atoms with E-state index in [-0.39, 0.29) is 11.7 Å². The highest BCUT2D eigenvalue weighted by Crippen LogP contribution is 2.20. The molecule has 0 radical (unpaired) electrons. The number of nitriles is 1. The quantitative estimate of drug-likeness (QED) is 0.715. The molecule has 0 fully saturated rings. The molecule has 0 aliphatic carbocycles. The summed E-state index contributed by atoms with van der Waals surface area (Å²) >= 11 is 1.54. The predicted octanol–water partition coefficient (Wildman–Crippen LogP) is 3.04. The lowest BCUT2D eigenvalue weighted by atomic mass is 9.90. The van der Waals surface area contributed by atoms with E-state index < -0.39 is 5.92 Å². The molecule has 1 rings (SSSR count). The lowest BCUT2D eigenvalue weighted by molar-refractivity contribution is 0.0925. The third-order valence-corrected chi connectivity index (χ3v) is 2.96. The second kappa shape index (κ2) is 4.39. The van der Waals surface area contributed by atoms with Crippen LogP contribution in [0.4, 0.5) is 0 Å². The Morgan fingerprint density at radius 1 is 1.57 bits per heavy atom. The number of thiophene rings is 1. The smallest absolute Gasteiger partial charge is 0.181 e. The summed E-state index contributed by atoms with van der Waals surface area (Å²) in [6.45, 7) is 5.74. The maximum atomic E-state index is 11.8. The molecule has 0 aliphatic heterocycles. The number of hydrogen-bond donors (Lipinski definition) is 0. The van der Waals surface area contributed by atoms with E-state index in [1.165, 1.54) is 0 Å². The zero-order chi connectivity index (χ0) is 10.7. The summed E-state index contributed by atoms with van der Waals surface area (Å²) in [4.78, 5) is 12.9. The van der Waals surface area contributed by atoms with E-state index in [4.69, 9.17) is 5.26 Å². The van der Waals surface area contributed by atoms with Gasteiger partial charge in [0.2, 0.25) is 0 Å². The number of rotatable bonds is 3. The molecular formula is C11H13NOS. The third-order valence-electron chi connectivity index (χ3n) is 2.10. The van der Waals surface area contributed by atoms with Crippen LogP contribution in [0.1, 0.15) is 29.1 Å². The van der Waals surface area contributed by atoms with E-state index in [0.29, 0.717) is 5.56 Å². The first-order chi connectivity index (χ1) is 6.56. The van der Waals surface area contributed by atoms with Gasteiger partial charge in [-0.3, -0.25) is 4.79 Å². The number of aryl methyl sites for hydroxylation is 1. The molecule has 14 heavy (non-hydrogen) atoms. The van der Waals surface area contributed by atoms with Crippen LogP contribution in [-0.2, 0) is 0 Å². The fourth-order valence-electron chi connectivity index (χ4n) is 1.26. The fourth-order valence-corrected chi connectivity index (χ4v) is 1.95. The molecule has 74 valence electrons. The van der Waals surface area contributed by atoms with Crippen LogP contribution >= 0.6 is 11.3 Å². The molecule has 1 unspecified atom stereocenters. The van der Waals surface area contributed by atoms with Crippen molar-refractivity contribution in [3.63, 3.8) is 0 Å². The third kappa shape index (κ3) is 2.21. The lowest BCUT2D eigenvalue weighted by Gasteiger charge is -2.09. The van der Waals surface area contributed by atoms with E-state index in [0.717, 1.165) is 4.88 Å². The van der Waals surface area contributed by atoms with Gasteiger partial charge in [-0.25, -0.2) is 0 Å². The molecule has 2 nitrogen and oxygen atoms in total. The molecule has 0 N–H and O–H groups in total. The Kier molecular flexibility index (Phi) is 3.43. The number of hydrogen-bond acceptors (Lipinski definition) is 3. The van der Waals surface area contributed by atoms with E-state index in [9.17, 15) is 4.79 Å². The van der Waals surface area contributed by atoms with Gasteiger partial charge >= 0.3 is 0 Å². The summed E-state index contributed by atoms with van der Waals surface area (Å²) in [6.07, 6.45) is 0. The molecule has 0 aliphatic rings. The normalized spacial score (nSPS) is 12.5. The van der Waals surface area contributed by atoms with Crippen LogP contribution in [0.2, 0.25) is 0 Å². The summed E-state index contributed by atoms with van der Waals surface area (Å²) in [6, 6.07) is 3.91. The molecule has 1 aromatic heterocycles. The number of nitrogens with zero attached hydrogens (tertiary/aromatic N) is 1. The number of Topliss-reactive ketones (excluding diaryl/α,β-unsaturated/α-hetero) is 1. The second-order valence-electron chi connectivity index (χ2n) is 3.66. The van der Waals surface area contributed by atoms with Gasteiger partial charge in [0.15, 0.2) is 5.78 Å². The van der Waals surface area contributed by atoms with Crippen molar-refractivity contribution < 1.29 is 4.79 Å². The van der Waals surface area contributed by atoms with Crippen LogP contribution in [-0.4, -0.2) is 5.78 Å². The van der Waals surface area contributed by atoms with Crippen molar-refractivity contribution in [1.82, 2.24) is 0 Å². The van der Waals surface area contributed by atoms with Crippen molar-refractivity contribution in [3.05, 3.63) is 21.9 Å². The predicted molar refractivity (Wildman–Crippen MR) is 57.3 cm³/mol. The Morgan fingerprint density at radius 2 is 2.21 bits per heavy atom. The molecule has 1 aromatic rings. The Morgan fingerprint density at radius 3 is 2.57 bits per heavy atom. The molecule has 0 spiro atoms. The van der Waals surface area contributed by atoms with Crippen molar-refractivity contribution in [2.75, 3.05) is 0 Å². The second-order valence-corrected chi connectivity index (χ2v) is 4.78. The minimum atomic E-state index is -0.510. The highest BCUT2D eigenvalue weighted by molar-refractivity contribution is 7.10. The summed E-state index contributed by atoms with van der Waals surface area (Å²) in [5.74, 6) is -0.483. The van der Waals surface area contributed by atoms with Crippen LogP contribution in [0.15, 0.2) is 11.4 Å². The average molecular weight is 207 g/mol. The Hall–Kier alpha value is -1.14. The molecule has 0 amide bonds. The highest BCUT2D eigenvalue weighted by Gasteiger charge is 2.23. The fraction of sp³-hybridized carbons (Fsp3) is 0.455. The van der Waals surface area contributed by atoms with Crippen molar-refractivity contribution in [3.8, 4) is 6.07 Å². The first-order valence-electron chi connectivity index (χ1n) is 4.55. The van der Waals surface area contributed by atoms with E-state index in [2.05, 4.69) is 6.07 Å². The zero-order valence-electron chi connectivity index (χ0n) is 8.57. The van der Waals surface area contributed by atoms with Crippen LogP contribution in [0.5, 0.6) is 0 Å². The molecule has 0 saturated heterocycles. The monoisotopic (exact) mass is 207 g/mol. The minimum Gasteiger partial charge on any atom is -0.293 e. The minimum absolute atomic E-state index is 0.0492. The van der Waals surface area contributed by atoms with Gasteiger partial charge in [0.25, 0.3) is 0 Å². The van der Waals surface area contributed by atoms with Crippen molar-refractivity contribution >= 4 is 17.1 Å². The molecular weight excluding hydrogens is 194 g/mol. The number of carbonyl (C=O) groups excluding carboxylic acids is 1. The van der Waals surface area contributed by atoms with Gasteiger partial charge in [0.1, 0.15) is 5.92 Å². The van der Waals surface area contributed by atoms with Crippen molar-refractivity contribution in [2.24, 2.45) is 11.8 Å². The van der Waals surface area contributed by atoms with Gasteiger partial charge in [-0.2, -0.15) is 5.26 Å². The zero-order valence-corrected chi connectivity index (χ0v) is 9.39. The summed E-state index contributed by atoms with van der Waals surface area (Å²) < 4.78 is 0. The lowest BCUT2D eigenvalue weighted by Crippen LogP contribution is -2.18. The largest absolute Gasteiger partial charge is 0.293 e. The molecule has 3 heteroatoms. The van der Waals surface area contributed by atoms with Crippen molar-refractivity contribution in [2.45, 2.75) is 20.8 Å². The summed E-state index contributed by atoms with van der Waals surface area (Å²) in [7, 11) is 0. The average Bonchev–Trinajstić information content (AvgIpc) is 2.52. The maximum Gasteiger partial charge on any atom is 0.181 e. The van der Waals surface area contributed by atoms with Gasteiger partial charge in [-0.05, 0) is 18.9 Å². The van der Waals surface area contributed by atoms with Crippen LogP contribution in [0.25, 0.3) is 0 Å². The first kappa shape index (κ1) is 10.9. The standard InChI is InChI=1S/C11H13NOS/c1-7(2)10(5-12)11(13)9-4-8(3)14-6-9/h4,6-7,10H,1-3H3. The maximum absolute atomic E-state index is 11.8. The van der Waals surface area contributed by atoms with E-state index >= 15 is 0 Å². The SMILES string of the molecule is Cc1cc(C(=O)C(C#N)C(C)C)cs1.